The molecule has 0 atom stereocenters. The van der Waals surface area contributed by atoms with Crippen LogP contribution in [0.2, 0.25) is 0 Å². The molecule has 6 nitrogen and oxygen atoms in total. The van der Waals surface area contributed by atoms with Crippen LogP contribution in [0.5, 0.6) is 5.75 Å². The number of ether oxygens (including phenoxy) is 1. The van der Waals surface area contributed by atoms with Crippen LogP contribution < -0.4 is 10.5 Å². The van der Waals surface area contributed by atoms with Crippen molar-refractivity contribution >= 4 is 28.6 Å². The summed E-state index contributed by atoms with van der Waals surface area (Å²) in [7, 11) is 1.72. The molecule has 0 aliphatic heterocycles. The van der Waals surface area contributed by atoms with E-state index >= 15 is 0 Å². The van der Waals surface area contributed by atoms with E-state index in [4.69, 9.17) is 5.73 Å². The number of benzene rings is 1. The molecule has 3 rings (SSSR count). The molecule has 0 aliphatic rings. The first-order chi connectivity index (χ1) is 12.3. The number of hydrogen-bond acceptors (Lipinski definition) is 4. The van der Waals surface area contributed by atoms with Crippen molar-refractivity contribution in [2.75, 3.05) is 0 Å². The zero-order valence-corrected chi connectivity index (χ0v) is 13.7. The molecule has 0 amide bonds. The molecule has 0 radical (unpaired) electrons. The Balaban J connectivity index is 1.92. The summed E-state index contributed by atoms with van der Waals surface area (Å²) >= 11 is 0. The quantitative estimate of drug-likeness (QED) is 0.569. The smallest absolute Gasteiger partial charge is 0.406 e. The van der Waals surface area contributed by atoms with Crippen LogP contribution in [0, 0.1) is 0 Å². The number of nitrogens with zero attached hydrogens (tertiary/aromatic N) is 4. The number of rotatable bonds is 4. The van der Waals surface area contributed by atoms with Gasteiger partial charge in [-0.1, -0.05) is 6.58 Å². The highest BCUT2D eigenvalue weighted by Crippen LogP contribution is 2.25. The maximum Gasteiger partial charge on any atom is 0.573 e. The van der Waals surface area contributed by atoms with Crippen molar-refractivity contribution in [1.29, 1.82) is 0 Å². The zero-order chi connectivity index (χ0) is 18.9. The predicted octanol–water partition coefficient (Wildman–Crippen LogP) is 3.55. The average molecular weight is 361 g/mol. The highest BCUT2D eigenvalue weighted by atomic mass is 19.4. The van der Waals surface area contributed by atoms with E-state index in [0.29, 0.717) is 28.1 Å². The SMILES string of the molecule is C=Cc1ccc2c(C(N)=Nc3ccc(OC(F)(F)F)cc3)nn(C)c2n1. The Hall–Kier alpha value is -3.36. The fourth-order valence-corrected chi connectivity index (χ4v) is 2.36. The lowest BCUT2D eigenvalue weighted by molar-refractivity contribution is -0.274. The van der Waals surface area contributed by atoms with Crippen LogP contribution in [0.3, 0.4) is 0 Å². The topological polar surface area (TPSA) is 78.3 Å². The molecule has 26 heavy (non-hydrogen) atoms. The fourth-order valence-electron chi connectivity index (χ4n) is 2.36. The summed E-state index contributed by atoms with van der Waals surface area (Å²) < 4.78 is 41.9. The summed E-state index contributed by atoms with van der Waals surface area (Å²) in [5, 5.41) is 5.02. The first kappa shape index (κ1) is 17.5. The highest BCUT2D eigenvalue weighted by molar-refractivity contribution is 6.07. The Morgan fingerprint density at radius 3 is 2.54 bits per heavy atom. The van der Waals surface area contributed by atoms with Crippen molar-refractivity contribution in [2.45, 2.75) is 6.36 Å². The number of aryl methyl sites for hydroxylation is 1. The third kappa shape index (κ3) is 3.66. The highest BCUT2D eigenvalue weighted by Gasteiger charge is 2.30. The van der Waals surface area contributed by atoms with E-state index < -0.39 is 6.36 Å². The largest absolute Gasteiger partial charge is 0.573 e. The monoisotopic (exact) mass is 361 g/mol. The van der Waals surface area contributed by atoms with Crippen LogP contribution in [0.4, 0.5) is 18.9 Å². The zero-order valence-electron chi connectivity index (χ0n) is 13.7. The van der Waals surface area contributed by atoms with Gasteiger partial charge in [0.25, 0.3) is 0 Å². The molecular formula is C17H14F3N5O. The molecule has 134 valence electrons. The van der Waals surface area contributed by atoms with Crippen LogP contribution in [0.1, 0.15) is 11.4 Å². The minimum Gasteiger partial charge on any atom is -0.406 e. The van der Waals surface area contributed by atoms with E-state index in [2.05, 4.69) is 26.4 Å². The predicted molar refractivity (Wildman–Crippen MR) is 92.1 cm³/mol. The van der Waals surface area contributed by atoms with Crippen molar-refractivity contribution in [1.82, 2.24) is 14.8 Å². The number of aromatic nitrogens is 3. The molecule has 0 fully saturated rings. The molecule has 3 aromatic rings. The summed E-state index contributed by atoms with van der Waals surface area (Å²) in [6.07, 6.45) is -3.12. The average Bonchev–Trinajstić information content (AvgIpc) is 2.92. The van der Waals surface area contributed by atoms with Gasteiger partial charge >= 0.3 is 6.36 Å². The Bertz CT molecular complexity index is 990. The second-order valence-corrected chi connectivity index (χ2v) is 5.32. The van der Waals surface area contributed by atoms with Crippen molar-refractivity contribution in [3.8, 4) is 5.75 Å². The second kappa shape index (κ2) is 6.51. The van der Waals surface area contributed by atoms with E-state index in [0.717, 1.165) is 12.1 Å². The van der Waals surface area contributed by atoms with Gasteiger partial charge in [0.15, 0.2) is 11.5 Å². The molecule has 9 heteroatoms. The van der Waals surface area contributed by atoms with Gasteiger partial charge < -0.3 is 10.5 Å². The van der Waals surface area contributed by atoms with E-state index in [1.54, 1.807) is 23.9 Å². The number of halogens is 3. The molecule has 2 aromatic heterocycles. The minimum absolute atomic E-state index is 0.119. The van der Waals surface area contributed by atoms with Gasteiger partial charge in [-0.15, -0.1) is 13.2 Å². The molecule has 0 unspecified atom stereocenters. The Morgan fingerprint density at radius 1 is 1.23 bits per heavy atom. The van der Waals surface area contributed by atoms with Gasteiger partial charge in [0.05, 0.1) is 16.8 Å². The van der Waals surface area contributed by atoms with Crippen molar-refractivity contribution in [2.24, 2.45) is 17.8 Å². The van der Waals surface area contributed by atoms with Crippen LogP contribution in [-0.2, 0) is 7.05 Å². The molecule has 0 saturated carbocycles. The maximum atomic E-state index is 12.2. The second-order valence-electron chi connectivity index (χ2n) is 5.32. The van der Waals surface area contributed by atoms with Crippen LogP contribution in [-0.4, -0.2) is 27.0 Å². The van der Waals surface area contributed by atoms with Crippen molar-refractivity contribution < 1.29 is 17.9 Å². The number of aliphatic imine (C=N–C) groups is 1. The molecule has 0 aliphatic carbocycles. The summed E-state index contributed by atoms with van der Waals surface area (Å²) in [5.41, 5.74) is 8.14. The van der Waals surface area contributed by atoms with E-state index in [9.17, 15) is 13.2 Å². The third-order valence-corrected chi connectivity index (χ3v) is 3.48. The lowest BCUT2D eigenvalue weighted by Gasteiger charge is -2.08. The summed E-state index contributed by atoms with van der Waals surface area (Å²) in [6.45, 7) is 3.67. The lowest BCUT2D eigenvalue weighted by Crippen LogP contribution is -2.17. The number of pyridine rings is 1. The molecular weight excluding hydrogens is 347 g/mol. The van der Waals surface area contributed by atoms with Gasteiger partial charge in [0, 0.05) is 7.05 Å². The number of amidine groups is 1. The summed E-state index contributed by atoms with van der Waals surface area (Å²) in [4.78, 5) is 8.60. The van der Waals surface area contributed by atoms with E-state index in [-0.39, 0.29) is 11.6 Å². The molecule has 0 bridgehead atoms. The van der Waals surface area contributed by atoms with Crippen LogP contribution in [0.25, 0.3) is 17.1 Å². The van der Waals surface area contributed by atoms with Gasteiger partial charge in [0.1, 0.15) is 11.4 Å². The molecule has 1 aromatic carbocycles. The van der Waals surface area contributed by atoms with Gasteiger partial charge in [-0.05, 0) is 42.5 Å². The van der Waals surface area contributed by atoms with Crippen molar-refractivity contribution in [3.63, 3.8) is 0 Å². The standard InChI is InChI=1S/C17H14F3N5O/c1-3-10-6-9-13-14(24-25(2)16(13)23-10)15(21)22-11-4-7-12(8-5-11)26-17(18,19)20/h3-9H,1H2,2H3,(H2,21,22). The molecule has 0 saturated heterocycles. The fraction of sp³-hybridized carbons (Fsp3) is 0.118. The van der Waals surface area contributed by atoms with Crippen molar-refractivity contribution in [3.05, 3.63) is 54.4 Å². The summed E-state index contributed by atoms with van der Waals surface area (Å²) in [5.74, 6) is -0.215. The molecule has 2 N–H and O–H groups in total. The number of nitrogens with two attached hydrogens (primary N) is 1. The lowest BCUT2D eigenvalue weighted by atomic mass is 10.2. The number of hydrogen-bond donors (Lipinski definition) is 1. The van der Waals surface area contributed by atoms with E-state index in [1.807, 2.05) is 6.07 Å². The first-order valence-corrected chi connectivity index (χ1v) is 7.43. The Kier molecular flexibility index (Phi) is 4.37. The third-order valence-electron chi connectivity index (χ3n) is 3.48. The van der Waals surface area contributed by atoms with Gasteiger partial charge in [-0.25, -0.2) is 14.7 Å². The molecule has 2 heterocycles. The Labute approximate surface area is 146 Å². The van der Waals surface area contributed by atoms with Crippen LogP contribution in [0.15, 0.2) is 48.0 Å². The van der Waals surface area contributed by atoms with E-state index in [1.165, 1.54) is 12.1 Å². The minimum atomic E-state index is -4.74. The normalized spacial score (nSPS) is 12.4. The number of alkyl halides is 3. The first-order valence-electron chi connectivity index (χ1n) is 7.43. The van der Waals surface area contributed by atoms with Crippen LogP contribution >= 0.6 is 0 Å². The Morgan fingerprint density at radius 2 is 1.92 bits per heavy atom. The number of fused-ring (bicyclic) bond motifs is 1. The summed E-state index contributed by atoms with van der Waals surface area (Å²) in [6, 6.07) is 8.64. The van der Waals surface area contributed by atoms with Gasteiger partial charge in [-0.3, -0.25) is 0 Å². The van der Waals surface area contributed by atoms with Gasteiger partial charge in [-0.2, -0.15) is 5.10 Å². The maximum absolute atomic E-state index is 12.2. The van der Waals surface area contributed by atoms with Gasteiger partial charge in [0.2, 0.25) is 0 Å². The molecule has 0 spiro atoms.